The molecule has 0 aliphatic rings. The first kappa shape index (κ1) is 18.8. The summed E-state index contributed by atoms with van der Waals surface area (Å²) in [7, 11) is 3.13. The number of aromatic amines is 1. The first-order valence-corrected chi connectivity index (χ1v) is 9.59. The Morgan fingerprint density at radius 2 is 2.00 bits per heavy atom. The number of nitrogens with one attached hydrogen (secondary N) is 1. The standard InChI is InChI=1S/C21H20N8O2/c1-10-5-6-15-12(7-23-26-15)18(10)29-9-13(21(30)31-4)16-17(24-11(2)25-20(16)29)14-8-28(3)27-19(14)22/h5-9H,1-4H3,(H2,22,27)(H,23,26). The number of anilines is 1. The zero-order valence-electron chi connectivity index (χ0n) is 17.5. The predicted octanol–water partition coefficient (Wildman–Crippen LogP) is 2.68. The smallest absolute Gasteiger partial charge is 0.340 e. The molecular weight excluding hydrogens is 396 g/mol. The maximum atomic E-state index is 12.8. The molecule has 0 fully saturated rings. The molecule has 10 nitrogen and oxygen atoms in total. The molecule has 0 saturated carbocycles. The van der Waals surface area contributed by atoms with E-state index in [1.807, 2.05) is 23.6 Å². The summed E-state index contributed by atoms with van der Waals surface area (Å²) >= 11 is 0. The zero-order valence-corrected chi connectivity index (χ0v) is 17.5. The van der Waals surface area contributed by atoms with Gasteiger partial charge in [0.1, 0.15) is 11.5 Å². The highest BCUT2D eigenvalue weighted by Gasteiger charge is 2.25. The molecule has 0 bridgehead atoms. The van der Waals surface area contributed by atoms with Gasteiger partial charge >= 0.3 is 5.97 Å². The Kier molecular flexibility index (Phi) is 4.04. The van der Waals surface area contributed by atoms with Gasteiger partial charge in [0.25, 0.3) is 0 Å². The Morgan fingerprint density at radius 1 is 1.19 bits per heavy atom. The van der Waals surface area contributed by atoms with Gasteiger partial charge in [-0.25, -0.2) is 14.8 Å². The number of aryl methyl sites for hydroxylation is 3. The van der Waals surface area contributed by atoms with E-state index in [4.69, 9.17) is 10.5 Å². The van der Waals surface area contributed by atoms with Crippen molar-refractivity contribution in [1.29, 1.82) is 0 Å². The third-order valence-electron chi connectivity index (χ3n) is 5.31. The molecule has 0 saturated heterocycles. The van der Waals surface area contributed by atoms with Crippen LogP contribution in [-0.4, -0.2) is 47.6 Å². The number of hydrogen-bond donors (Lipinski definition) is 2. The summed E-state index contributed by atoms with van der Waals surface area (Å²) < 4.78 is 8.57. The lowest BCUT2D eigenvalue weighted by molar-refractivity contribution is 0.0603. The minimum absolute atomic E-state index is 0.318. The van der Waals surface area contributed by atoms with Crippen molar-refractivity contribution >= 4 is 33.7 Å². The summed E-state index contributed by atoms with van der Waals surface area (Å²) in [5.74, 6) is 0.369. The third-order valence-corrected chi connectivity index (χ3v) is 5.31. The van der Waals surface area contributed by atoms with E-state index >= 15 is 0 Å². The molecule has 31 heavy (non-hydrogen) atoms. The number of ether oxygens (including phenoxy) is 1. The second kappa shape index (κ2) is 6.66. The maximum absolute atomic E-state index is 12.8. The van der Waals surface area contributed by atoms with Crippen LogP contribution in [0.2, 0.25) is 0 Å². The van der Waals surface area contributed by atoms with Crippen LogP contribution in [0.5, 0.6) is 0 Å². The van der Waals surface area contributed by atoms with Gasteiger partial charge in [0.2, 0.25) is 0 Å². The summed E-state index contributed by atoms with van der Waals surface area (Å²) in [6.45, 7) is 3.80. The van der Waals surface area contributed by atoms with Gasteiger partial charge in [-0.15, -0.1) is 0 Å². The fourth-order valence-corrected chi connectivity index (χ4v) is 3.98. The average Bonchev–Trinajstić information content (AvgIpc) is 3.44. The Labute approximate surface area is 176 Å². The fraction of sp³-hybridized carbons (Fsp3) is 0.190. The quantitative estimate of drug-likeness (QED) is 0.433. The minimum Gasteiger partial charge on any atom is -0.465 e. The normalized spacial score (nSPS) is 11.5. The van der Waals surface area contributed by atoms with Crippen LogP contribution >= 0.6 is 0 Å². The lowest BCUT2D eigenvalue weighted by Crippen LogP contribution is -2.02. The molecule has 0 spiro atoms. The van der Waals surface area contributed by atoms with Crippen molar-refractivity contribution in [2.24, 2.45) is 7.05 Å². The lowest BCUT2D eigenvalue weighted by Gasteiger charge is -2.11. The average molecular weight is 416 g/mol. The highest BCUT2D eigenvalue weighted by molar-refractivity contribution is 6.10. The number of esters is 1. The van der Waals surface area contributed by atoms with E-state index < -0.39 is 5.97 Å². The number of fused-ring (bicyclic) bond motifs is 2. The van der Waals surface area contributed by atoms with Gasteiger partial charge in [0.05, 0.1) is 46.7 Å². The number of nitrogens with zero attached hydrogens (tertiary/aromatic N) is 6. The second-order valence-electron chi connectivity index (χ2n) is 7.39. The summed E-state index contributed by atoms with van der Waals surface area (Å²) in [5.41, 5.74) is 11.0. The molecule has 0 aliphatic carbocycles. The minimum atomic E-state index is -0.489. The molecule has 0 aliphatic heterocycles. The first-order valence-electron chi connectivity index (χ1n) is 9.59. The number of aromatic nitrogens is 7. The van der Waals surface area contributed by atoms with E-state index in [0.717, 1.165) is 22.2 Å². The van der Waals surface area contributed by atoms with Crippen LogP contribution in [0.4, 0.5) is 5.82 Å². The molecule has 0 radical (unpaired) electrons. The van der Waals surface area contributed by atoms with Gasteiger partial charge in [-0.05, 0) is 25.5 Å². The van der Waals surface area contributed by atoms with E-state index in [1.54, 1.807) is 37.2 Å². The molecule has 1 aromatic carbocycles. The predicted molar refractivity (Wildman–Crippen MR) is 116 cm³/mol. The van der Waals surface area contributed by atoms with Gasteiger partial charge in [0.15, 0.2) is 5.82 Å². The Morgan fingerprint density at radius 3 is 2.71 bits per heavy atom. The number of benzene rings is 1. The number of nitrogen functional groups attached to an aromatic ring is 1. The van der Waals surface area contributed by atoms with Crippen LogP contribution in [0.1, 0.15) is 21.7 Å². The Hall–Kier alpha value is -4.21. The molecule has 156 valence electrons. The summed E-state index contributed by atoms with van der Waals surface area (Å²) in [4.78, 5) is 22.1. The van der Waals surface area contributed by atoms with Crippen molar-refractivity contribution in [2.75, 3.05) is 12.8 Å². The zero-order chi connectivity index (χ0) is 21.9. The topological polar surface area (TPSA) is 130 Å². The number of nitrogens with two attached hydrogens (primary N) is 1. The van der Waals surface area contributed by atoms with Gasteiger partial charge < -0.3 is 10.5 Å². The monoisotopic (exact) mass is 416 g/mol. The van der Waals surface area contributed by atoms with Crippen LogP contribution in [0.3, 0.4) is 0 Å². The number of H-pyrrole nitrogens is 1. The van der Waals surface area contributed by atoms with Gasteiger partial charge in [-0.1, -0.05) is 6.07 Å². The molecular formula is C21H20N8O2. The van der Waals surface area contributed by atoms with Crippen LogP contribution in [0.25, 0.3) is 38.9 Å². The highest BCUT2D eigenvalue weighted by atomic mass is 16.5. The molecule has 0 unspecified atom stereocenters. The van der Waals surface area contributed by atoms with Crippen LogP contribution in [-0.2, 0) is 11.8 Å². The molecule has 4 heterocycles. The second-order valence-corrected chi connectivity index (χ2v) is 7.39. The number of hydrogen-bond acceptors (Lipinski definition) is 7. The third kappa shape index (κ3) is 2.75. The number of carbonyl (C=O) groups is 1. The van der Waals surface area contributed by atoms with Gasteiger partial charge in [-0.2, -0.15) is 10.2 Å². The SMILES string of the molecule is COC(=O)c1cn(-c2c(C)ccc3[nH]ncc23)c2nc(C)nc(-c3cn(C)nc3N)c12. The van der Waals surface area contributed by atoms with E-state index in [1.165, 1.54) is 7.11 Å². The summed E-state index contributed by atoms with van der Waals surface area (Å²) in [6.07, 6.45) is 5.27. The van der Waals surface area contributed by atoms with Crippen molar-refractivity contribution in [3.05, 3.63) is 47.7 Å². The highest BCUT2D eigenvalue weighted by Crippen LogP contribution is 2.36. The van der Waals surface area contributed by atoms with Crippen molar-refractivity contribution < 1.29 is 9.53 Å². The number of carbonyl (C=O) groups excluding carboxylic acids is 1. The Balaban J connectivity index is 1.95. The van der Waals surface area contributed by atoms with Gasteiger partial charge in [-0.3, -0.25) is 14.3 Å². The number of methoxy groups -OCH3 is 1. The lowest BCUT2D eigenvalue weighted by atomic mass is 10.1. The fourth-order valence-electron chi connectivity index (χ4n) is 3.98. The van der Waals surface area contributed by atoms with Crippen LogP contribution in [0.15, 0.2) is 30.7 Å². The molecule has 10 heteroatoms. The van der Waals surface area contributed by atoms with E-state index in [2.05, 4.69) is 25.3 Å². The van der Waals surface area contributed by atoms with Gasteiger partial charge in [0, 0.05) is 24.8 Å². The maximum Gasteiger partial charge on any atom is 0.340 e. The molecule has 0 amide bonds. The van der Waals surface area contributed by atoms with Crippen molar-refractivity contribution in [3.63, 3.8) is 0 Å². The molecule has 0 atom stereocenters. The van der Waals surface area contributed by atoms with Crippen molar-refractivity contribution in [1.82, 2.24) is 34.5 Å². The van der Waals surface area contributed by atoms with E-state index in [0.29, 0.717) is 39.5 Å². The van der Waals surface area contributed by atoms with E-state index in [9.17, 15) is 4.79 Å². The van der Waals surface area contributed by atoms with Crippen LogP contribution < -0.4 is 5.73 Å². The van der Waals surface area contributed by atoms with Crippen molar-refractivity contribution in [2.45, 2.75) is 13.8 Å². The molecule has 3 N–H and O–H groups in total. The first-order chi connectivity index (χ1) is 14.9. The van der Waals surface area contributed by atoms with Crippen LogP contribution in [0, 0.1) is 13.8 Å². The van der Waals surface area contributed by atoms with Crippen molar-refractivity contribution in [3.8, 4) is 16.9 Å². The molecule has 5 aromatic rings. The number of rotatable bonds is 3. The summed E-state index contributed by atoms with van der Waals surface area (Å²) in [5, 5.41) is 12.9. The largest absolute Gasteiger partial charge is 0.465 e. The summed E-state index contributed by atoms with van der Waals surface area (Å²) in [6, 6.07) is 3.96. The molecule has 5 rings (SSSR count). The van der Waals surface area contributed by atoms with E-state index in [-0.39, 0.29) is 0 Å². The Bertz CT molecular complexity index is 1490. The molecule has 4 aromatic heterocycles.